The number of aromatic nitrogens is 4. The Balaban J connectivity index is 1.82. The van der Waals surface area contributed by atoms with Crippen LogP contribution in [0.25, 0.3) is 21.9 Å². The van der Waals surface area contributed by atoms with Gasteiger partial charge >= 0.3 is 0 Å². The maximum absolute atomic E-state index is 5.55. The van der Waals surface area contributed by atoms with E-state index in [1.807, 2.05) is 31.2 Å². The molecule has 0 atom stereocenters. The first-order chi connectivity index (χ1) is 18.1. The van der Waals surface area contributed by atoms with E-state index in [0.717, 1.165) is 33.4 Å². The average Bonchev–Trinajstić information content (AvgIpc) is 3.53. The van der Waals surface area contributed by atoms with Gasteiger partial charge < -0.3 is 14.0 Å². The molecule has 0 spiro atoms. The third-order valence-electron chi connectivity index (χ3n) is 7.16. The van der Waals surface area contributed by atoms with Crippen LogP contribution < -0.4 is 30.7 Å². The van der Waals surface area contributed by atoms with Gasteiger partial charge in [0.05, 0.1) is 36.7 Å². The number of rotatable bonds is 6. The van der Waals surface area contributed by atoms with Gasteiger partial charge in [-0.05, 0) is 66.7 Å². The molecule has 3 heterocycles. The van der Waals surface area contributed by atoms with Crippen molar-refractivity contribution < 1.29 is 9.47 Å². The van der Waals surface area contributed by atoms with Gasteiger partial charge in [0.1, 0.15) is 45.6 Å². The molecule has 6 nitrogen and oxygen atoms in total. The van der Waals surface area contributed by atoms with Crippen molar-refractivity contribution in [2.75, 3.05) is 14.2 Å². The number of pyridine rings is 1. The van der Waals surface area contributed by atoms with Crippen molar-refractivity contribution in [3.8, 4) is 11.5 Å². The summed E-state index contributed by atoms with van der Waals surface area (Å²) in [5, 5.41) is 11.9. The molecule has 0 amide bonds. The van der Waals surface area contributed by atoms with Crippen LogP contribution in [0.2, 0.25) is 0 Å². The molecule has 0 radical (unpaired) electrons. The molecule has 0 saturated carbocycles. The second-order valence-electron chi connectivity index (χ2n) is 9.04. The van der Waals surface area contributed by atoms with Crippen LogP contribution in [0, 0.1) is 0 Å². The van der Waals surface area contributed by atoms with E-state index in [0.29, 0.717) is 0 Å². The minimum atomic E-state index is -2.45. The molecule has 3 aromatic heterocycles. The lowest BCUT2D eigenvalue weighted by molar-refractivity contribution is 0.415. The largest absolute Gasteiger partial charge is 0.497 e. The molecule has 7 heteroatoms. The molecule has 3 aromatic carbocycles. The summed E-state index contributed by atoms with van der Waals surface area (Å²) >= 11 is 0. The van der Waals surface area contributed by atoms with E-state index in [9.17, 15) is 0 Å². The van der Waals surface area contributed by atoms with E-state index in [4.69, 9.17) is 14.5 Å². The second kappa shape index (κ2) is 9.06. The van der Waals surface area contributed by atoms with Gasteiger partial charge in [-0.15, -0.1) is 0 Å². The third kappa shape index (κ3) is 3.52. The lowest BCUT2D eigenvalue weighted by Gasteiger charge is -2.28. The molecule has 0 N–H and O–H groups in total. The van der Waals surface area contributed by atoms with Crippen molar-refractivity contribution in [3.05, 3.63) is 97.5 Å². The van der Waals surface area contributed by atoms with Gasteiger partial charge in [-0.25, -0.2) is 4.98 Å². The molecule has 0 bridgehead atoms. The molecule has 6 aromatic rings. The monoisotopic (exact) mass is 507 g/mol. The topological polar surface area (TPSA) is 54.1 Å². The van der Waals surface area contributed by atoms with Crippen LogP contribution in [0.5, 0.6) is 11.5 Å². The molecule has 6 rings (SSSR count). The van der Waals surface area contributed by atoms with Crippen LogP contribution in [-0.4, -0.2) is 33.6 Å². The highest BCUT2D eigenvalue weighted by Gasteiger charge is 2.50. The summed E-state index contributed by atoms with van der Waals surface area (Å²) in [5.74, 6) is 1.66. The highest BCUT2D eigenvalue weighted by Crippen LogP contribution is 2.57. The maximum Gasteiger partial charge on any atom is 0.145 e. The number of hydrogen-bond acceptors (Lipinski definition) is 4. The molecule has 0 unspecified atom stereocenters. The van der Waals surface area contributed by atoms with Gasteiger partial charge in [0.15, 0.2) is 0 Å². The van der Waals surface area contributed by atoms with Gasteiger partial charge in [0.2, 0.25) is 0 Å². The molecule has 0 aliphatic rings. The van der Waals surface area contributed by atoms with Crippen LogP contribution in [0.1, 0.15) is 0 Å². The van der Waals surface area contributed by atoms with E-state index >= 15 is 0 Å². The van der Waals surface area contributed by atoms with Crippen molar-refractivity contribution in [1.82, 2.24) is 19.3 Å². The zero-order chi connectivity index (χ0) is 25.6. The van der Waals surface area contributed by atoms with E-state index in [2.05, 4.69) is 94.7 Å². The molecule has 184 valence electrons. The highest BCUT2D eigenvalue weighted by atomic mass is 31.2. The Bertz CT molecular complexity index is 1590. The van der Waals surface area contributed by atoms with E-state index in [-0.39, 0.29) is 0 Å². The first kappa shape index (κ1) is 23.3. The van der Waals surface area contributed by atoms with E-state index in [1.165, 1.54) is 21.2 Å². The van der Waals surface area contributed by atoms with Gasteiger partial charge in [0, 0.05) is 32.6 Å². The van der Waals surface area contributed by atoms with Gasteiger partial charge in [-0.3, -0.25) is 4.68 Å². The standard InChI is InChI=1S/C30H28N4O2P/c1-33-19-17-25-29(16-18-31-30(25)33)37(23-12-8-21(35-3)9-13-23,24-14-10-22(36-4)11-15-24)28-7-5-6-27-26(28)20-32-34(27)2/h5-20H,1-4H3/q+1. The Morgan fingerprint density at radius 1 is 0.703 bits per heavy atom. The SMILES string of the molecule is COc1ccc([P+](c2ccc(OC)cc2)(c2ccnc3c2ccn3C)c2cccc3c2cnn3C)cc1. The summed E-state index contributed by atoms with van der Waals surface area (Å²) in [4.78, 5) is 4.74. The maximum atomic E-state index is 5.55. The normalized spacial score (nSPS) is 11.8. The Morgan fingerprint density at radius 3 is 1.95 bits per heavy atom. The minimum absolute atomic E-state index is 0.829. The summed E-state index contributed by atoms with van der Waals surface area (Å²) < 4.78 is 15.1. The fourth-order valence-corrected chi connectivity index (χ4v) is 9.88. The molecule has 0 aliphatic heterocycles. The Labute approximate surface area is 216 Å². The number of ether oxygens (including phenoxy) is 2. The third-order valence-corrected chi connectivity index (χ3v) is 11.5. The van der Waals surface area contributed by atoms with E-state index < -0.39 is 7.26 Å². The summed E-state index contributed by atoms with van der Waals surface area (Å²) in [6, 6.07) is 28.0. The quantitative estimate of drug-likeness (QED) is 0.319. The lowest BCUT2D eigenvalue weighted by atomic mass is 10.2. The lowest BCUT2D eigenvalue weighted by Crippen LogP contribution is -2.39. The fraction of sp³-hybridized carbons (Fsp3) is 0.133. The number of hydrogen-bond donors (Lipinski definition) is 0. The van der Waals surface area contributed by atoms with Crippen molar-refractivity contribution in [3.63, 3.8) is 0 Å². The molecule has 0 saturated heterocycles. The number of methoxy groups -OCH3 is 2. The average molecular weight is 508 g/mol. The second-order valence-corrected chi connectivity index (χ2v) is 12.4. The Hall–Kier alpha value is -4.15. The van der Waals surface area contributed by atoms with Crippen LogP contribution in [0.4, 0.5) is 0 Å². The zero-order valence-electron chi connectivity index (χ0n) is 21.3. The molecule has 0 fully saturated rings. The van der Waals surface area contributed by atoms with Crippen molar-refractivity contribution in [1.29, 1.82) is 0 Å². The molecular formula is C30H28N4O2P+. The first-order valence-corrected chi connectivity index (χ1v) is 13.9. The summed E-state index contributed by atoms with van der Waals surface area (Å²) in [6.45, 7) is 0. The van der Waals surface area contributed by atoms with Gasteiger partial charge in [-0.2, -0.15) is 5.10 Å². The van der Waals surface area contributed by atoms with Gasteiger partial charge in [-0.1, -0.05) is 6.07 Å². The van der Waals surface area contributed by atoms with Crippen LogP contribution >= 0.6 is 7.26 Å². The van der Waals surface area contributed by atoms with Crippen LogP contribution in [-0.2, 0) is 14.1 Å². The van der Waals surface area contributed by atoms with Crippen molar-refractivity contribution in [2.45, 2.75) is 0 Å². The zero-order valence-corrected chi connectivity index (χ0v) is 22.2. The molecule has 37 heavy (non-hydrogen) atoms. The van der Waals surface area contributed by atoms with Crippen LogP contribution in [0.3, 0.4) is 0 Å². The Kier molecular flexibility index (Phi) is 5.69. The number of fused-ring (bicyclic) bond motifs is 2. The number of nitrogens with zero attached hydrogens (tertiary/aromatic N) is 4. The highest BCUT2D eigenvalue weighted by molar-refractivity contribution is 8.02. The predicted octanol–water partition coefficient (Wildman–Crippen LogP) is 4.10. The number of benzene rings is 3. The Morgan fingerprint density at radius 2 is 1.32 bits per heavy atom. The minimum Gasteiger partial charge on any atom is -0.497 e. The smallest absolute Gasteiger partial charge is 0.145 e. The summed E-state index contributed by atoms with van der Waals surface area (Å²) in [6.07, 6.45) is 6.02. The molecule has 0 aliphatic carbocycles. The summed E-state index contributed by atoms with van der Waals surface area (Å²) in [5.41, 5.74) is 2.06. The predicted molar refractivity (Wildman–Crippen MR) is 153 cm³/mol. The molecular weight excluding hydrogens is 479 g/mol. The van der Waals surface area contributed by atoms with Crippen molar-refractivity contribution >= 4 is 50.4 Å². The number of aryl methyl sites for hydroxylation is 2. The fourth-order valence-electron chi connectivity index (χ4n) is 5.34. The van der Waals surface area contributed by atoms with Crippen LogP contribution in [0.15, 0.2) is 97.5 Å². The summed E-state index contributed by atoms with van der Waals surface area (Å²) in [7, 11) is 4.99. The van der Waals surface area contributed by atoms with Gasteiger partial charge in [0.25, 0.3) is 0 Å². The van der Waals surface area contributed by atoms with E-state index in [1.54, 1.807) is 14.2 Å². The first-order valence-electron chi connectivity index (χ1n) is 12.1. The van der Waals surface area contributed by atoms with Crippen molar-refractivity contribution in [2.24, 2.45) is 14.1 Å².